The molecule has 2 N–H and O–H groups in total. The van der Waals surface area contributed by atoms with E-state index in [-0.39, 0.29) is 0 Å². The molecule has 3 aliphatic rings. The van der Waals surface area contributed by atoms with E-state index < -0.39 is 6.09 Å². The number of aryl methyl sites for hydroxylation is 1. The third-order valence-corrected chi connectivity index (χ3v) is 6.31. The number of amides is 1. The predicted octanol–water partition coefficient (Wildman–Crippen LogP) is 4.24. The van der Waals surface area contributed by atoms with Crippen LogP contribution in [-0.2, 0) is 11.2 Å². The molecule has 2 aromatic rings. The Labute approximate surface area is 183 Å². The van der Waals surface area contributed by atoms with E-state index in [1.54, 1.807) is 6.92 Å². The third kappa shape index (κ3) is 4.04. The van der Waals surface area contributed by atoms with Crippen LogP contribution in [0.1, 0.15) is 36.9 Å². The van der Waals surface area contributed by atoms with Gasteiger partial charge in [0.15, 0.2) is 5.96 Å². The van der Waals surface area contributed by atoms with Crippen LogP contribution in [0.5, 0.6) is 0 Å². The molecule has 0 aromatic heterocycles. The average Bonchev–Trinajstić information content (AvgIpc) is 2.80. The van der Waals surface area contributed by atoms with Gasteiger partial charge in [-0.15, -0.1) is 0 Å². The van der Waals surface area contributed by atoms with Gasteiger partial charge in [0.1, 0.15) is 0 Å². The van der Waals surface area contributed by atoms with Crippen LogP contribution in [0.2, 0.25) is 0 Å². The van der Waals surface area contributed by atoms with Gasteiger partial charge in [-0.2, -0.15) is 0 Å². The number of carbonyl (C=O) groups excluding carboxylic acids is 1. The van der Waals surface area contributed by atoms with Crippen molar-refractivity contribution < 1.29 is 9.53 Å². The number of carbonyl (C=O) groups is 1. The van der Waals surface area contributed by atoms with Crippen LogP contribution < -0.4 is 15.5 Å². The fourth-order valence-electron chi connectivity index (χ4n) is 4.77. The molecule has 1 saturated heterocycles. The summed E-state index contributed by atoms with van der Waals surface area (Å²) in [5, 5.41) is 6.34. The second-order valence-corrected chi connectivity index (χ2v) is 8.23. The summed E-state index contributed by atoms with van der Waals surface area (Å²) in [6.45, 7) is 5.88. The van der Waals surface area contributed by atoms with Crippen molar-refractivity contribution in [2.75, 3.05) is 48.3 Å². The van der Waals surface area contributed by atoms with E-state index in [2.05, 4.69) is 38.6 Å². The van der Waals surface area contributed by atoms with Crippen LogP contribution in [0.25, 0.3) is 0 Å². The average molecular weight is 420 g/mol. The summed E-state index contributed by atoms with van der Waals surface area (Å²) < 4.78 is 4.93. The first-order chi connectivity index (χ1) is 15.2. The van der Waals surface area contributed by atoms with E-state index in [9.17, 15) is 4.79 Å². The molecule has 1 atom stereocenters. The maximum absolute atomic E-state index is 11.6. The molecule has 0 saturated carbocycles. The zero-order valence-corrected chi connectivity index (χ0v) is 17.9. The molecule has 1 amide bonds. The van der Waals surface area contributed by atoms with Crippen molar-refractivity contribution in [1.82, 2.24) is 4.90 Å². The van der Waals surface area contributed by atoms with Crippen molar-refractivity contribution in [3.8, 4) is 0 Å². The molecule has 7 heteroatoms. The number of benzene rings is 2. The van der Waals surface area contributed by atoms with Gasteiger partial charge in [0.25, 0.3) is 0 Å². The lowest BCUT2D eigenvalue weighted by Gasteiger charge is -2.40. The smallest absolute Gasteiger partial charge is 0.411 e. The quantitative estimate of drug-likeness (QED) is 0.779. The van der Waals surface area contributed by atoms with E-state index >= 15 is 0 Å². The maximum atomic E-state index is 11.6. The molecule has 7 nitrogen and oxygen atoms in total. The zero-order valence-electron chi connectivity index (χ0n) is 17.9. The molecular weight excluding hydrogens is 390 g/mol. The lowest BCUT2D eigenvalue weighted by molar-refractivity contribution is 0.168. The van der Waals surface area contributed by atoms with E-state index in [1.807, 2.05) is 24.3 Å². The van der Waals surface area contributed by atoms with Gasteiger partial charge in [-0.05, 0) is 62.1 Å². The number of nitrogens with zero attached hydrogens (tertiary/aromatic N) is 3. The molecule has 1 fully saturated rings. The minimum absolute atomic E-state index is 0.300. The van der Waals surface area contributed by atoms with Crippen molar-refractivity contribution in [2.45, 2.75) is 32.2 Å². The first kappa shape index (κ1) is 19.7. The van der Waals surface area contributed by atoms with Crippen molar-refractivity contribution in [3.63, 3.8) is 0 Å². The number of aliphatic imine (C=N–C) groups is 1. The monoisotopic (exact) mass is 419 g/mol. The molecule has 162 valence electrons. The van der Waals surface area contributed by atoms with Gasteiger partial charge in [0.05, 0.1) is 12.6 Å². The first-order valence-corrected chi connectivity index (χ1v) is 11.2. The number of ether oxygens (including phenoxy) is 1. The Morgan fingerprint density at radius 3 is 2.68 bits per heavy atom. The van der Waals surface area contributed by atoms with Crippen molar-refractivity contribution in [2.24, 2.45) is 4.99 Å². The summed E-state index contributed by atoms with van der Waals surface area (Å²) in [5.41, 5.74) is 6.00. The highest BCUT2D eigenvalue weighted by Gasteiger charge is 2.30. The molecule has 1 aliphatic carbocycles. The van der Waals surface area contributed by atoms with E-state index in [1.165, 1.54) is 29.7 Å². The number of piperazine rings is 1. The van der Waals surface area contributed by atoms with Crippen LogP contribution in [0.15, 0.2) is 47.5 Å². The lowest BCUT2D eigenvalue weighted by Crippen LogP contribution is -2.51. The second kappa shape index (κ2) is 8.49. The normalized spacial score (nSPS) is 19.8. The summed E-state index contributed by atoms with van der Waals surface area (Å²) >= 11 is 0. The summed E-state index contributed by atoms with van der Waals surface area (Å²) in [6.07, 6.45) is 3.10. The number of hydrogen-bond acceptors (Lipinski definition) is 6. The third-order valence-electron chi connectivity index (χ3n) is 6.31. The standard InChI is InChI=1S/C24H29N5O2/c1-2-31-24(30)25-18-9-11-19(12-10-18)28-13-15-29(16-14-28)23-26-20-7-3-5-17-6-4-8-21(27-23)22(17)20/h3,5,7,9-12,21H,2,4,6,8,13-16H2,1H3,(H,25,30)(H,26,27). The summed E-state index contributed by atoms with van der Waals surface area (Å²) in [6, 6.07) is 14.8. The van der Waals surface area contributed by atoms with E-state index in [0.717, 1.165) is 49.9 Å². The summed E-state index contributed by atoms with van der Waals surface area (Å²) in [5.74, 6) is 1.02. The number of guanidine groups is 1. The van der Waals surface area contributed by atoms with Crippen LogP contribution in [0.3, 0.4) is 0 Å². The van der Waals surface area contributed by atoms with Gasteiger partial charge < -0.3 is 19.9 Å². The Morgan fingerprint density at radius 1 is 1.13 bits per heavy atom. The maximum Gasteiger partial charge on any atom is 0.411 e. The minimum atomic E-state index is -0.420. The van der Waals surface area contributed by atoms with Gasteiger partial charge in [-0.1, -0.05) is 12.1 Å². The number of nitrogens with one attached hydrogen (secondary N) is 2. The Kier molecular flexibility index (Phi) is 5.40. The van der Waals surface area contributed by atoms with Crippen LogP contribution in [0, 0.1) is 0 Å². The van der Waals surface area contributed by atoms with Crippen molar-refractivity contribution in [3.05, 3.63) is 53.6 Å². The van der Waals surface area contributed by atoms with Gasteiger partial charge in [-0.25, -0.2) is 9.79 Å². The van der Waals surface area contributed by atoms with Gasteiger partial charge in [-0.3, -0.25) is 5.32 Å². The van der Waals surface area contributed by atoms with Gasteiger partial charge >= 0.3 is 6.09 Å². The summed E-state index contributed by atoms with van der Waals surface area (Å²) in [4.78, 5) is 21.4. The van der Waals surface area contributed by atoms with Crippen molar-refractivity contribution in [1.29, 1.82) is 0 Å². The molecular formula is C24H29N5O2. The van der Waals surface area contributed by atoms with Crippen LogP contribution in [0.4, 0.5) is 21.9 Å². The molecule has 2 aliphatic heterocycles. The predicted molar refractivity (Wildman–Crippen MR) is 124 cm³/mol. The molecule has 0 radical (unpaired) electrons. The second-order valence-electron chi connectivity index (χ2n) is 8.23. The Balaban J connectivity index is 1.21. The zero-order chi connectivity index (χ0) is 21.2. The van der Waals surface area contributed by atoms with E-state index in [0.29, 0.717) is 12.6 Å². The molecule has 0 bridgehead atoms. The van der Waals surface area contributed by atoms with E-state index in [4.69, 9.17) is 9.73 Å². The highest BCUT2D eigenvalue weighted by molar-refractivity contribution is 5.97. The SMILES string of the molecule is CCOC(=O)Nc1ccc(N2CCN(C3=NC4CCCc5cccc(c54)N3)CC2)cc1. The highest BCUT2D eigenvalue weighted by Crippen LogP contribution is 2.40. The number of rotatable bonds is 3. The first-order valence-electron chi connectivity index (χ1n) is 11.2. The Bertz CT molecular complexity index is 980. The number of hydrogen-bond donors (Lipinski definition) is 2. The molecule has 0 spiro atoms. The molecule has 31 heavy (non-hydrogen) atoms. The Morgan fingerprint density at radius 2 is 1.90 bits per heavy atom. The largest absolute Gasteiger partial charge is 0.450 e. The van der Waals surface area contributed by atoms with Gasteiger partial charge in [0.2, 0.25) is 0 Å². The molecule has 2 aromatic carbocycles. The molecule has 2 heterocycles. The minimum Gasteiger partial charge on any atom is -0.450 e. The highest BCUT2D eigenvalue weighted by atomic mass is 16.5. The molecule has 1 unspecified atom stereocenters. The topological polar surface area (TPSA) is 69.2 Å². The fourth-order valence-corrected chi connectivity index (χ4v) is 4.77. The van der Waals surface area contributed by atoms with Gasteiger partial charge in [0, 0.05) is 48.8 Å². The Hall–Kier alpha value is -3.22. The van der Waals surface area contributed by atoms with Crippen LogP contribution in [-0.4, -0.2) is 49.7 Å². The van der Waals surface area contributed by atoms with Crippen molar-refractivity contribution >= 4 is 29.1 Å². The summed E-state index contributed by atoms with van der Waals surface area (Å²) in [7, 11) is 0. The number of anilines is 3. The molecule has 5 rings (SSSR count). The lowest BCUT2D eigenvalue weighted by atomic mass is 9.86. The van der Waals surface area contributed by atoms with Crippen LogP contribution >= 0.6 is 0 Å². The fraction of sp³-hybridized carbons (Fsp3) is 0.417.